The third-order valence-corrected chi connectivity index (χ3v) is 5.33. The number of methoxy groups -OCH3 is 1. The summed E-state index contributed by atoms with van der Waals surface area (Å²) in [5, 5.41) is 3.40. The minimum atomic E-state index is 0.110. The SMILES string of the molecule is COc1ccc(C(=O)CNCC(c2ccc(C)cc2)N2CCCCC2)cc1. The van der Waals surface area contributed by atoms with Gasteiger partial charge in [-0.25, -0.2) is 0 Å². The van der Waals surface area contributed by atoms with Gasteiger partial charge in [-0.15, -0.1) is 0 Å². The maximum atomic E-state index is 12.5. The first-order chi connectivity index (χ1) is 13.2. The Morgan fingerprint density at radius 2 is 1.70 bits per heavy atom. The van der Waals surface area contributed by atoms with Gasteiger partial charge in [-0.05, 0) is 62.7 Å². The van der Waals surface area contributed by atoms with E-state index in [-0.39, 0.29) is 5.78 Å². The first kappa shape index (κ1) is 19.6. The molecule has 1 aliphatic rings. The van der Waals surface area contributed by atoms with Crippen LogP contribution in [0.5, 0.6) is 5.75 Å². The van der Waals surface area contributed by atoms with Gasteiger partial charge < -0.3 is 10.1 Å². The normalized spacial score (nSPS) is 16.1. The van der Waals surface area contributed by atoms with Crippen LogP contribution >= 0.6 is 0 Å². The van der Waals surface area contributed by atoms with Crippen molar-refractivity contribution >= 4 is 5.78 Å². The quantitative estimate of drug-likeness (QED) is 0.717. The first-order valence-corrected chi connectivity index (χ1v) is 9.86. The van der Waals surface area contributed by atoms with Gasteiger partial charge in [0, 0.05) is 18.2 Å². The number of likely N-dealkylation sites (tertiary alicyclic amines) is 1. The van der Waals surface area contributed by atoms with E-state index in [0.29, 0.717) is 18.2 Å². The standard InChI is InChI=1S/C23H30N2O2/c1-18-6-8-19(9-7-18)22(25-14-4-3-5-15-25)16-24-17-23(26)20-10-12-21(27-2)13-11-20/h6-13,22,24H,3-5,14-17H2,1-2H3. The molecule has 1 unspecified atom stereocenters. The number of hydrogen-bond acceptors (Lipinski definition) is 4. The number of carbonyl (C=O) groups is 1. The molecule has 4 nitrogen and oxygen atoms in total. The van der Waals surface area contributed by atoms with Crippen molar-refractivity contribution in [1.82, 2.24) is 10.2 Å². The van der Waals surface area contributed by atoms with Gasteiger partial charge in [-0.2, -0.15) is 0 Å². The number of rotatable bonds is 8. The molecule has 144 valence electrons. The third-order valence-electron chi connectivity index (χ3n) is 5.33. The molecule has 0 bridgehead atoms. The molecule has 0 aromatic heterocycles. The molecule has 1 saturated heterocycles. The summed E-state index contributed by atoms with van der Waals surface area (Å²) < 4.78 is 5.15. The molecule has 3 rings (SSSR count). The Bertz CT molecular complexity index is 719. The number of aryl methyl sites for hydroxylation is 1. The van der Waals surface area contributed by atoms with Crippen LogP contribution in [0.4, 0.5) is 0 Å². The highest BCUT2D eigenvalue weighted by Gasteiger charge is 2.22. The summed E-state index contributed by atoms with van der Waals surface area (Å²) in [5.41, 5.74) is 3.32. The molecule has 2 aromatic carbocycles. The average Bonchev–Trinajstić information content (AvgIpc) is 2.72. The molecule has 1 fully saturated rings. The molecule has 2 aromatic rings. The fourth-order valence-electron chi connectivity index (χ4n) is 3.68. The average molecular weight is 367 g/mol. The molecular formula is C23H30N2O2. The maximum absolute atomic E-state index is 12.5. The zero-order valence-electron chi connectivity index (χ0n) is 16.4. The summed E-state index contributed by atoms with van der Waals surface area (Å²) in [6.07, 6.45) is 3.83. The van der Waals surface area contributed by atoms with Gasteiger partial charge in [-0.3, -0.25) is 9.69 Å². The van der Waals surface area contributed by atoms with Crippen LogP contribution in [0.15, 0.2) is 48.5 Å². The zero-order chi connectivity index (χ0) is 19.1. The Kier molecular flexibility index (Phi) is 7.02. The monoisotopic (exact) mass is 366 g/mol. The molecule has 1 atom stereocenters. The van der Waals surface area contributed by atoms with Crippen LogP contribution in [0.25, 0.3) is 0 Å². The van der Waals surface area contributed by atoms with Crippen LogP contribution in [0.3, 0.4) is 0 Å². The second kappa shape index (κ2) is 9.67. The molecule has 4 heteroatoms. The Morgan fingerprint density at radius 3 is 2.33 bits per heavy atom. The number of carbonyl (C=O) groups excluding carboxylic acids is 1. The number of ether oxygens (including phenoxy) is 1. The van der Waals surface area contributed by atoms with Gasteiger partial charge in [0.05, 0.1) is 13.7 Å². The Hall–Kier alpha value is -2.17. The Balaban J connectivity index is 1.61. The summed E-state index contributed by atoms with van der Waals surface area (Å²) in [6, 6.07) is 16.4. The van der Waals surface area contributed by atoms with Crippen LogP contribution < -0.4 is 10.1 Å². The lowest BCUT2D eigenvalue weighted by molar-refractivity contribution is 0.0983. The van der Waals surface area contributed by atoms with E-state index in [1.165, 1.54) is 30.4 Å². The van der Waals surface area contributed by atoms with E-state index in [9.17, 15) is 4.79 Å². The number of piperidine rings is 1. The molecule has 1 heterocycles. The lowest BCUT2D eigenvalue weighted by Gasteiger charge is -2.35. The summed E-state index contributed by atoms with van der Waals surface area (Å²) in [6.45, 7) is 5.51. The van der Waals surface area contributed by atoms with Crippen molar-refractivity contribution in [2.75, 3.05) is 33.3 Å². The van der Waals surface area contributed by atoms with E-state index in [1.54, 1.807) is 7.11 Å². The number of nitrogens with zero attached hydrogens (tertiary/aromatic N) is 1. The predicted molar refractivity (Wildman–Crippen MR) is 110 cm³/mol. The molecule has 0 radical (unpaired) electrons. The number of hydrogen-bond donors (Lipinski definition) is 1. The van der Waals surface area contributed by atoms with Crippen molar-refractivity contribution in [3.8, 4) is 5.75 Å². The maximum Gasteiger partial charge on any atom is 0.176 e. The molecule has 1 aliphatic heterocycles. The van der Waals surface area contributed by atoms with Crippen LogP contribution in [0.1, 0.15) is 46.8 Å². The minimum Gasteiger partial charge on any atom is -0.497 e. The first-order valence-electron chi connectivity index (χ1n) is 9.86. The van der Waals surface area contributed by atoms with Crippen molar-refractivity contribution in [2.45, 2.75) is 32.2 Å². The van der Waals surface area contributed by atoms with Crippen molar-refractivity contribution < 1.29 is 9.53 Å². The predicted octanol–water partition coefficient (Wildman–Crippen LogP) is 4.00. The second-order valence-electron chi connectivity index (χ2n) is 7.31. The lowest BCUT2D eigenvalue weighted by Crippen LogP contribution is -2.40. The smallest absolute Gasteiger partial charge is 0.176 e. The molecule has 0 amide bonds. The van der Waals surface area contributed by atoms with Crippen LogP contribution in [0, 0.1) is 6.92 Å². The molecular weight excluding hydrogens is 336 g/mol. The highest BCUT2D eigenvalue weighted by Crippen LogP contribution is 2.24. The highest BCUT2D eigenvalue weighted by molar-refractivity contribution is 5.97. The van der Waals surface area contributed by atoms with E-state index in [2.05, 4.69) is 41.4 Å². The van der Waals surface area contributed by atoms with Crippen molar-refractivity contribution in [3.05, 3.63) is 65.2 Å². The van der Waals surface area contributed by atoms with Gasteiger partial charge in [0.15, 0.2) is 5.78 Å². The van der Waals surface area contributed by atoms with Crippen molar-refractivity contribution in [1.29, 1.82) is 0 Å². The minimum absolute atomic E-state index is 0.110. The fourth-order valence-corrected chi connectivity index (χ4v) is 3.68. The summed E-state index contributed by atoms with van der Waals surface area (Å²) in [4.78, 5) is 15.0. The molecule has 0 aliphatic carbocycles. The van der Waals surface area contributed by atoms with E-state index in [1.807, 2.05) is 24.3 Å². The molecule has 27 heavy (non-hydrogen) atoms. The van der Waals surface area contributed by atoms with Gasteiger partial charge in [-0.1, -0.05) is 36.2 Å². The Morgan fingerprint density at radius 1 is 1.04 bits per heavy atom. The Labute approximate surface area is 162 Å². The number of nitrogens with one attached hydrogen (secondary N) is 1. The summed E-state index contributed by atoms with van der Waals surface area (Å²) >= 11 is 0. The van der Waals surface area contributed by atoms with Crippen LogP contribution in [0.2, 0.25) is 0 Å². The van der Waals surface area contributed by atoms with Crippen LogP contribution in [-0.4, -0.2) is 44.0 Å². The van der Waals surface area contributed by atoms with E-state index >= 15 is 0 Å². The van der Waals surface area contributed by atoms with E-state index in [0.717, 1.165) is 25.4 Å². The highest BCUT2D eigenvalue weighted by atomic mass is 16.5. The number of ketones is 1. The lowest BCUT2D eigenvalue weighted by atomic mass is 10.0. The van der Waals surface area contributed by atoms with Crippen molar-refractivity contribution in [2.24, 2.45) is 0 Å². The topological polar surface area (TPSA) is 41.6 Å². The van der Waals surface area contributed by atoms with Crippen molar-refractivity contribution in [3.63, 3.8) is 0 Å². The largest absolute Gasteiger partial charge is 0.497 e. The molecule has 0 spiro atoms. The van der Waals surface area contributed by atoms with Gasteiger partial charge >= 0.3 is 0 Å². The molecule has 0 saturated carbocycles. The second-order valence-corrected chi connectivity index (χ2v) is 7.31. The van der Waals surface area contributed by atoms with Gasteiger partial charge in [0.2, 0.25) is 0 Å². The van der Waals surface area contributed by atoms with E-state index < -0.39 is 0 Å². The van der Waals surface area contributed by atoms with Gasteiger partial charge in [0.1, 0.15) is 5.75 Å². The number of benzene rings is 2. The zero-order valence-corrected chi connectivity index (χ0v) is 16.4. The molecule has 1 N–H and O–H groups in total. The van der Waals surface area contributed by atoms with E-state index in [4.69, 9.17) is 4.74 Å². The third kappa shape index (κ3) is 5.41. The summed E-state index contributed by atoms with van der Waals surface area (Å²) in [5.74, 6) is 0.878. The van der Waals surface area contributed by atoms with Crippen LogP contribution in [-0.2, 0) is 0 Å². The van der Waals surface area contributed by atoms with Gasteiger partial charge in [0.25, 0.3) is 0 Å². The fraction of sp³-hybridized carbons (Fsp3) is 0.435. The summed E-state index contributed by atoms with van der Waals surface area (Å²) in [7, 11) is 1.63. The number of Topliss-reactive ketones (excluding diaryl/α,β-unsaturated/α-hetero) is 1.